The highest BCUT2D eigenvalue weighted by molar-refractivity contribution is 6.30. The Bertz CT molecular complexity index is 728. The predicted molar refractivity (Wildman–Crippen MR) is 80.2 cm³/mol. The second kappa shape index (κ2) is 6.39. The first-order valence-electron chi connectivity index (χ1n) is 6.90. The zero-order valence-electron chi connectivity index (χ0n) is 11.9. The highest BCUT2D eigenvalue weighted by Crippen LogP contribution is 2.25. The molecule has 1 N–H and O–H groups in total. The van der Waals surface area contributed by atoms with E-state index < -0.39 is 12.1 Å². The SMILES string of the molecule is O=C(O)C1CN(C(=O)c2conc2-c2ccc(Cl)cc2)CCO1. The van der Waals surface area contributed by atoms with Gasteiger partial charge in [-0.15, -0.1) is 0 Å². The Balaban J connectivity index is 1.85. The van der Waals surface area contributed by atoms with Crippen LogP contribution < -0.4 is 0 Å². The molecule has 0 bridgehead atoms. The molecular formula is C15H13ClN2O5. The number of morpholine rings is 1. The molecule has 1 atom stereocenters. The molecule has 8 heteroatoms. The number of amides is 1. The molecule has 1 aromatic heterocycles. The van der Waals surface area contributed by atoms with Crippen LogP contribution in [0.2, 0.25) is 5.02 Å². The Hall–Kier alpha value is -2.38. The van der Waals surface area contributed by atoms with Gasteiger partial charge in [-0.1, -0.05) is 28.9 Å². The van der Waals surface area contributed by atoms with Crippen molar-refractivity contribution in [1.29, 1.82) is 0 Å². The van der Waals surface area contributed by atoms with E-state index in [1.54, 1.807) is 24.3 Å². The van der Waals surface area contributed by atoms with Crippen LogP contribution in [0.5, 0.6) is 0 Å². The lowest BCUT2D eigenvalue weighted by Gasteiger charge is -2.30. The molecule has 1 aromatic carbocycles. The molecule has 2 aromatic rings. The fourth-order valence-corrected chi connectivity index (χ4v) is 2.48. The number of hydrogen-bond acceptors (Lipinski definition) is 5. The van der Waals surface area contributed by atoms with Gasteiger partial charge in [0.25, 0.3) is 5.91 Å². The van der Waals surface area contributed by atoms with Crippen LogP contribution in [0.4, 0.5) is 0 Å². The number of benzene rings is 1. The first-order chi connectivity index (χ1) is 11.1. The van der Waals surface area contributed by atoms with E-state index in [4.69, 9.17) is 26.0 Å². The third kappa shape index (κ3) is 3.20. The summed E-state index contributed by atoms with van der Waals surface area (Å²) in [4.78, 5) is 25.1. The van der Waals surface area contributed by atoms with Crippen molar-refractivity contribution >= 4 is 23.5 Å². The number of carbonyl (C=O) groups excluding carboxylic acids is 1. The van der Waals surface area contributed by atoms with Gasteiger partial charge in [0.15, 0.2) is 6.10 Å². The highest BCUT2D eigenvalue weighted by atomic mass is 35.5. The molecule has 120 valence electrons. The van der Waals surface area contributed by atoms with Gasteiger partial charge in [0.1, 0.15) is 17.5 Å². The summed E-state index contributed by atoms with van der Waals surface area (Å²) in [5.41, 5.74) is 1.36. The number of aromatic nitrogens is 1. The standard InChI is InChI=1S/C15H13ClN2O5/c16-10-3-1-9(2-4-10)13-11(8-23-17-13)14(19)18-5-6-22-12(7-18)15(20)21/h1-4,8,12H,5-7H2,(H,20,21). The first kappa shape index (κ1) is 15.5. The van der Waals surface area contributed by atoms with E-state index in [-0.39, 0.29) is 24.6 Å². The zero-order chi connectivity index (χ0) is 16.4. The van der Waals surface area contributed by atoms with Crippen molar-refractivity contribution in [2.45, 2.75) is 6.10 Å². The van der Waals surface area contributed by atoms with Crippen molar-refractivity contribution in [3.8, 4) is 11.3 Å². The number of carbonyl (C=O) groups is 2. The normalized spacial score (nSPS) is 18.0. The van der Waals surface area contributed by atoms with Crippen LogP contribution in [-0.2, 0) is 9.53 Å². The summed E-state index contributed by atoms with van der Waals surface area (Å²) in [6.45, 7) is 0.470. The van der Waals surface area contributed by atoms with Crippen LogP contribution in [0, 0.1) is 0 Å². The van der Waals surface area contributed by atoms with Gasteiger partial charge in [-0.3, -0.25) is 4.79 Å². The molecular weight excluding hydrogens is 324 g/mol. The van der Waals surface area contributed by atoms with Gasteiger partial charge in [0.2, 0.25) is 0 Å². The van der Waals surface area contributed by atoms with E-state index in [1.807, 2.05) is 0 Å². The van der Waals surface area contributed by atoms with Crippen molar-refractivity contribution in [1.82, 2.24) is 10.1 Å². The molecule has 0 spiro atoms. The lowest BCUT2D eigenvalue weighted by atomic mass is 10.1. The summed E-state index contributed by atoms with van der Waals surface area (Å²) in [6, 6.07) is 6.84. The van der Waals surface area contributed by atoms with E-state index in [1.165, 1.54) is 11.2 Å². The van der Waals surface area contributed by atoms with Gasteiger partial charge < -0.3 is 19.3 Å². The molecule has 1 aliphatic rings. The number of hydrogen-bond donors (Lipinski definition) is 1. The van der Waals surface area contributed by atoms with Crippen LogP contribution >= 0.6 is 11.6 Å². The minimum absolute atomic E-state index is 0.0145. The van der Waals surface area contributed by atoms with Crippen molar-refractivity contribution < 1.29 is 24.0 Å². The molecule has 0 radical (unpaired) electrons. The first-order valence-corrected chi connectivity index (χ1v) is 7.28. The monoisotopic (exact) mass is 336 g/mol. The highest BCUT2D eigenvalue weighted by Gasteiger charge is 2.31. The molecule has 0 saturated carbocycles. The molecule has 1 aliphatic heterocycles. The number of aliphatic carboxylic acids is 1. The predicted octanol–water partition coefficient (Wildman–Crippen LogP) is 1.92. The maximum Gasteiger partial charge on any atom is 0.334 e. The number of ether oxygens (including phenoxy) is 1. The Kier molecular flexibility index (Phi) is 4.31. The average molecular weight is 337 g/mol. The van der Waals surface area contributed by atoms with Crippen molar-refractivity contribution in [2.75, 3.05) is 19.7 Å². The summed E-state index contributed by atoms with van der Waals surface area (Å²) in [5.74, 6) is -1.43. The van der Waals surface area contributed by atoms with Gasteiger partial charge in [-0.2, -0.15) is 0 Å². The minimum atomic E-state index is -1.09. The van der Waals surface area contributed by atoms with Gasteiger partial charge in [0.05, 0.1) is 13.2 Å². The second-order valence-electron chi connectivity index (χ2n) is 5.03. The molecule has 7 nitrogen and oxygen atoms in total. The van der Waals surface area contributed by atoms with E-state index in [9.17, 15) is 9.59 Å². The summed E-state index contributed by atoms with van der Waals surface area (Å²) in [6.07, 6.45) is 0.240. The Morgan fingerprint density at radius 2 is 2.04 bits per heavy atom. The maximum atomic E-state index is 12.6. The molecule has 1 fully saturated rings. The van der Waals surface area contributed by atoms with Crippen LogP contribution in [0.25, 0.3) is 11.3 Å². The maximum absolute atomic E-state index is 12.6. The Labute approximate surface area is 136 Å². The van der Waals surface area contributed by atoms with E-state index >= 15 is 0 Å². The van der Waals surface area contributed by atoms with E-state index in [0.717, 1.165) is 0 Å². The quantitative estimate of drug-likeness (QED) is 0.920. The number of nitrogens with zero attached hydrogens (tertiary/aromatic N) is 2. The third-order valence-corrected chi connectivity index (χ3v) is 3.80. The summed E-state index contributed by atoms with van der Waals surface area (Å²) < 4.78 is 10.1. The second-order valence-corrected chi connectivity index (χ2v) is 5.47. The number of halogens is 1. The van der Waals surface area contributed by atoms with Crippen LogP contribution in [0.3, 0.4) is 0 Å². The van der Waals surface area contributed by atoms with Crippen molar-refractivity contribution in [3.05, 3.63) is 41.1 Å². The minimum Gasteiger partial charge on any atom is -0.479 e. The third-order valence-electron chi connectivity index (χ3n) is 3.55. The van der Waals surface area contributed by atoms with Crippen LogP contribution in [-0.4, -0.2) is 52.8 Å². The number of carboxylic acids is 1. The van der Waals surface area contributed by atoms with Crippen molar-refractivity contribution in [2.24, 2.45) is 0 Å². The number of rotatable bonds is 3. The molecule has 0 aliphatic carbocycles. The molecule has 1 unspecified atom stereocenters. The van der Waals surface area contributed by atoms with Crippen LogP contribution in [0.15, 0.2) is 35.1 Å². The largest absolute Gasteiger partial charge is 0.479 e. The van der Waals surface area contributed by atoms with Crippen LogP contribution in [0.1, 0.15) is 10.4 Å². The smallest absolute Gasteiger partial charge is 0.334 e. The van der Waals surface area contributed by atoms with Gasteiger partial charge >= 0.3 is 5.97 Å². The van der Waals surface area contributed by atoms with E-state index in [2.05, 4.69) is 5.16 Å². The molecule has 1 amide bonds. The summed E-state index contributed by atoms with van der Waals surface area (Å²) in [7, 11) is 0. The zero-order valence-corrected chi connectivity index (χ0v) is 12.7. The topological polar surface area (TPSA) is 92.9 Å². The lowest BCUT2D eigenvalue weighted by Crippen LogP contribution is -2.48. The fourth-order valence-electron chi connectivity index (χ4n) is 2.36. The molecule has 23 heavy (non-hydrogen) atoms. The Morgan fingerprint density at radius 3 is 2.74 bits per heavy atom. The fraction of sp³-hybridized carbons (Fsp3) is 0.267. The number of carboxylic acid groups (broad SMARTS) is 1. The van der Waals surface area contributed by atoms with Crippen molar-refractivity contribution in [3.63, 3.8) is 0 Å². The van der Waals surface area contributed by atoms with Gasteiger partial charge in [-0.05, 0) is 12.1 Å². The Morgan fingerprint density at radius 1 is 1.30 bits per heavy atom. The molecule has 2 heterocycles. The lowest BCUT2D eigenvalue weighted by molar-refractivity contribution is -0.154. The summed E-state index contributed by atoms with van der Waals surface area (Å²) in [5, 5.41) is 13.5. The van der Waals surface area contributed by atoms with Gasteiger partial charge in [0, 0.05) is 17.1 Å². The summed E-state index contributed by atoms with van der Waals surface area (Å²) >= 11 is 5.85. The molecule has 1 saturated heterocycles. The molecule has 3 rings (SSSR count). The average Bonchev–Trinajstić information content (AvgIpc) is 3.04. The van der Waals surface area contributed by atoms with Gasteiger partial charge in [-0.25, -0.2) is 4.79 Å². The van der Waals surface area contributed by atoms with E-state index in [0.29, 0.717) is 22.8 Å².